The Kier molecular flexibility index (Phi) is 4.82. The molecule has 4 rings (SSSR count). The van der Waals surface area contributed by atoms with Gasteiger partial charge in [-0.25, -0.2) is 4.39 Å². The molecule has 0 aliphatic carbocycles. The molecule has 2 aromatic rings. The molecule has 2 aliphatic heterocycles. The highest BCUT2D eigenvalue weighted by molar-refractivity contribution is 5.91. The number of carboxylic acid groups (broad SMARTS) is 1. The van der Waals surface area contributed by atoms with Crippen LogP contribution < -0.4 is 0 Å². The average molecular weight is 396 g/mol. The summed E-state index contributed by atoms with van der Waals surface area (Å²) in [5.41, 5.74) is 2.21. The van der Waals surface area contributed by atoms with Gasteiger partial charge in [0, 0.05) is 26.6 Å². The lowest BCUT2D eigenvalue weighted by molar-refractivity contribution is -0.143. The van der Waals surface area contributed by atoms with Crippen LogP contribution in [0.25, 0.3) is 0 Å². The number of hydrogen-bond donors (Lipinski definition) is 1. The Hall–Kier alpha value is -3.22. The van der Waals surface area contributed by atoms with E-state index in [1.54, 1.807) is 31.3 Å². The van der Waals surface area contributed by atoms with E-state index in [4.69, 9.17) is 0 Å². The van der Waals surface area contributed by atoms with Crippen LogP contribution in [0.5, 0.6) is 0 Å². The number of nitrogens with zero attached hydrogens (tertiary/aromatic N) is 2. The van der Waals surface area contributed by atoms with Gasteiger partial charge in [-0.05, 0) is 28.8 Å². The van der Waals surface area contributed by atoms with Gasteiger partial charge in [0.2, 0.25) is 11.8 Å². The Morgan fingerprint density at radius 3 is 2.48 bits per heavy atom. The highest BCUT2D eigenvalue weighted by atomic mass is 19.1. The normalized spacial score (nSPS) is 23.8. The second-order valence-corrected chi connectivity index (χ2v) is 7.62. The maximum absolute atomic E-state index is 13.4. The average Bonchev–Trinajstić information content (AvgIpc) is 3.01. The highest BCUT2D eigenvalue weighted by Crippen LogP contribution is 2.39. The summed E-state index contributed by atoms with van der Waals surface area (Å²) in [6.45, 7) is 0.374. The number of hydrogen-bond acceptors (Lipinski definition) is 3. The van der Waals surface area contributed by atoms with Crippen LogP contribution in [0.15, 0.2) is 48.5 Å². The molecule has 6 nitrogen and oxygen atoms in total. The van der Waals surface area contributed by atoms with Crippen LogP contribution in [0.3, 0.4) is 0 Å². The molecule has 0 spiro atoms. The van der Waals surface area contributed by atoms with Crippen molar-refractivity contribution >= 4 is 17.8 Å². The first-order valence-electron chi connectivity index (χ1n) is 9.47. The molecule has 2 aromatic carbocycles. The Labute approximate surface area is 167 Å². The Morgan fingerprint density at radius 2 is 1.79 bits per heavy atom. The monoisotopic (exact) mass is 396 g/mol. The number of fused-ring (bicyclic) bond motifs is 1. The number of likely N-dealkylation sites (tertiary alicyclic amines) is 1. The molecule has 3 unspecified atom stereocenters. The van der Waals surface area contributed by atoms with Gasteiger partial charge in [0.1, 0.15) is 5.82 Å². The van der Waals surface area contributed by atoms with Gasteiger partial charge < -0.3 is 14.9 Å². The second-order valence-electron chi connectivity index (χ2n) is 7.62. The van der Waals surface area contributed by atoms with Crippen molar-refractivity contribution in [3.05, 3.63) is 71.0 Å². The summed E-state index contributed by atoms with van der Waals surface area (Å²) in [4.78, 5) is 40.6. The first kappa shape index (κ1) is 19.1. The molecule has 29 heavy (non-hydrogen) atoms. The largest absolute Gasteiger partial charge is 0.481 e. The standard InChI is InChI=1S/C22H21FN2O4/c1-24-19(26)10-17(20(24)13-6-8-15(23)9-7-13)21(27)25-11-14-4-2-3-5-16(14)18(12-25)22(28)29/h2-9,17-18,20H,10-12H2,1H3,(H,28,29). The van der Waals surface area contributed by atoms with Crippen LogP contribution >= 0.6 is 0 Å². The molecule has 1 N–H and O–H groups in total. The molecule has 0 aromatic heterocycles. The lowest BCUT2D eigenvalue weighted by atomic mass is 9.87. The SMILES string of the molecule is CN1C(=O)CC(C(=O)N2Cc3ccccc3C(C(=O)O)C2)C1c1ccc(F)cc1. The number of carbonyl (C=O) groups excluding carboxylic acids is 2. The minimum absolute atomic E-state index is 0.0489. The van der Waals surface area contributed by atoms with Gasteiger partial charge in [0.25, 0.3) is 0 Å². The molecule has 3 atom stereocenters. The molecule has 2 aliphatic rings. The van der Waals surface area contributed by atoms with Crippen molar-refractivity contribution in [1.82, 2.24) is 9.80 Å². The van der Waals surface area contributed by atoms with Crippen molar-refractivity contribution in [2.45, 2.75) is 24.9 Å². The third kappa shape index (κ3) is 3.37. The Balaban J connectivity index is 1.65. The van der Waals surface area contributed by atoms with Gasteiger partial charge in [0.15, 0.2) is 0 Å². The first-order valence-corrected chi connectivity index (χ1v) is 9.47. The van der Waals surface area contributed by atoms with E-state index in [9.17, 15) is 23.9 Å². The number of carbonyl (C=O) groups is 3. The number of amides is 2. The van der Waals surface area contributed by atoms with Crippen molar-refractivity contribution in [2.75, 3.05) is 13.6 Å². The van der Waals surface area contributed by atoms with E-state index in [1.165, 1.54) is 21.9 Å². The zero-order valence-electron chi connectivity index (χ0n) is 15.9. The molecular weight excluding hydrogens is 375 g/mol. The molecule has 2 amide bonds. The Morgan fingerprint density at radius 1 is 1.10 bits per heavy atom. The zero-order chi connectivity index (χ0) is 20.7. The molecule has 7 heteroatoms. The van der Waals surface area contributed by atoms with Crippen molar-refractivity contribution in [1.29, 1.82) is 0 Å². The minimum atomic E-state index is -0.982. The van der Waals surface area contributed by atoms with E-state index in [2.05, 4.69) is 0 Å². The summed E-state index contributed by atoms with van der Waals surface area (Å²) >= 11 is 0. The second kappa shape index (κ2) is 7.31. The Bertz CT molecular complexity index is 975. The van der Waals surface area contributed by atoms with Crippen LogP contribution in [0.4, 0.5) is 4.39 Å². The summed E-state index contributed by atoms with van der Waals surface area (Å²) in [5.74, 6) is -3.23. The van der Waals surface area contributed by atoms with Crippen molar-refractivity contribution in [2.24, 2.45) is 5.92 Å². The predicted molar refractivity (Wildman–Crippen MR) is 102 cm³/mol. The van der Waals surface area contributed by atoms with Gasteiger partial charge in [0.05, 0.1) is 17.9 Å². The summed E-state index contributed by atoms with van der Waals surface area (Å²) in [6.07, 6.45) is 0.0489. The number of aliphatic carboxylic acids is 1. The molecule has 2 heterocycles. The molecule has 150 valence electrons. The summed E-state index contributed by atoms with van der Waals surface area (Å²) in [5, 5.41) is 9.65. The van der Waals surface area contributed by atoms with Crippen molar-refractivity contribution < 1.29 is 23.9 Å². The number of benzene rings is 2. The van der Waals surface area contributed by atoms with Crippen LogP contribution in [-0.2, 0) is 20.9 Å². The number of halogens is 1. The molecule has 0 saturated carbocycles. The van der Waals surface area contributed by atoms with E-state index in [0.717, 1.165) is 11.1 Å². The lowest BCUT2D eigenvalue weighted by Crippen LogP contribution is -2.44. The van der Waals surface area contributed by atoms with E-state index >= 15 is 0 Å². The predicted octanol–water partition coefficient (Wildman–Crippen LogP) is 2.56. The zero-order valence-corrected chi connectivity index (χ0v) is 15.9. The van der Waals surface area contributed by atoms with Crippen LogP contribution in [0, 0.1) is 11.7 Å². The van der Waals surface area contributed by atoms with Gasteiger partial charge in [-0.15, -0.1) is 0 Å². The third-order valence-corrected chi connectivity index (χ3v) is 5.92. The first-order chi connectivity index (χ1) is 13.9. The number of carboxylic acids is 1. The van der Waals surface area contributed by atoms with Gasteiger partial charge >= 0.3 is 5.97 Å². The van der Waals surface area contributed by atoms with E-state index < -0.39 is 23.8 Å². The fourth-order valence-electron chi connectivity index (χ4n) is 4.43. The summed E-state index contributed by atoms with van der Waals surface area (Å²) < 4.78 is 13.3. The quantitative estimate of drug-likeness (QED) is 0.865. The minimum Gasteiger partial charge on any atom is -0.481 e. The maximum atomic E-state index is 13.4. The smallest absolute Gasteiger partial charge is 0.312 e. The molecule has 0 bridgehead atoms. The number of rotatable bonds is 3. The molecule has 1 saturated heterocycles. The highest BCUT2D eigenvalue weighted by Gasteiger charge is 2.45. The molecule has 1 fully saturated rings. The van der Waals surface area contributed by atoms with Crippen LogP contribution in [-0.4, -0.2) is 46.3 Å². The van der Waals surface area contributed by atoms with Gasteiger partial charge in [-0.3, -0.25) is 14.4 Å². The van der Waals surface area contributed by atoms with Crippen molar-refractivity contribution in [3.63, 3.8) is 0 Å². The van der Waals surface area contributed by atoms with Gasteiger partial charge in [-0.1, -0.05) is 36.4 Å². The molecular formula is C22H21FN2O4. The molecule has 0 radical (unpaired) electrons. The fourth-order valence-corrected chi connectivity index (χ4v) is 4.43. The van der Waals surface area contributed by atoms with E-state index in [1.807, 2.05) is 12.1 Å². The maximum Gasteiger partial charge on any atom is 0.312 e. The van der Waals surface area contributed by atoms with E-state index in [0.29, 0.717) is 12.1 Å². The topological polar surface area (TPSA) is 77.9 Å². The van der Waals surface area contributed by atoms with Crippen molar-refractivity contribution in [3.8, 4) is 0 Å². The van der Waals surface area contributed by atoms with Crippen LogP contribution in [0.2, 0.25) is 0 Å². The lowest BCUT2D eigenvalue weighted by Gasteiger charge is -2.35. The van der Waals surface area contributed by atoms with Crippen LogP contribution in [0.1, 0.15) is 35.1 Å². The fraction of sp³-hybridized carbons (Fsp3) is 0.318. The van der Waals surface area contributed by atoms with E-state index in [-0.39, 0.29) is 30.6 Å². The third-order valence-electron chi connectivity index (χ3n) is 5.92. The van der Waals surface area contributed by atoms with Gasteiger partial charge in [-0.2, -0.15) is 0 Å². The summed E-state index contributed by atoms with van der Waals surface area (Å²) in [7, 11) is 1.63. The summed E-state index contributed by atoms with van der Waals surface area (Å²) in [6, 6.07) is 12.5.